The minimum atomic E-state index is -0.869. The molecule has 0 aromatic heterocycles. The molecule has 2 aromatic carbocycles. The summed E-state index contributed by atoms with van der Waals surface area (Å²) in [4.78, 5) is 45.3. The molecule has 1 fully saturated rings. The highest BCUT2D eigenvalue weighted by Crippen LogP contribution is 2.32. The molecule has 4 N–H and O–H groups in total. The molecule has 8 nitrogen and oxygen atoms in total. The van der Waals surface area contributed by atoms with E-state index in [0.717, 1.165) is 24.0 Å². The number of piperidine rings is 1. The van der Waals surface area contributed by atoms with E-state index in [1.807, 2.05) is 30.3 Å². The highest BCUT2D eigenvalue weighted by Gasteiger charge is 2.42. The van der Waals surface area contributed by atoms with Crippen molar-refractivity contribution in [2.45, 2.75) is 46.1 Å². The standard InChI is InChI=1S/C27H36N4O4/c1-3-20-9-11-22(12-10-20)25(33)30-35-19-27(13-15-31(16-14-27)24(32)17-28)26(34)29-18-23-8-6-5-7-21(23)4-2/h5-12H,3-4,13-19,28H2,1-2H3,(H,29,34)(H,30,33). The number of hydrogen-bond donors (Lipinski definition) is 3. The van der Waals surface area contributed by atoms with Gasteiger partial charge in [0, 0.05) is 25.2 Å². The number of aryl methyl sites for hydroxylation is 2. The smallest absolute Gasteiger partial charge is 0.274 e. The van der Waals surface area contributed by atoms with Gasteiger partial charge in [-0.2, -0.15) is 0 Å². The maximum absolute atomic E-state index is 13.4. The molecule has 3 amide bonds. The Bertz CT molecular complexity index is 1010. The number of likely N-dealkylation sites (tertiary alicyclic amines) is 1. The van der Waals surface area contributed by atoms with Gasteiger partial charge in [0.05, 0.1) is 18.6 Å². The highest BCUT2D eigenvalue weighted by molar-refractivity contribution is 5.93. The zero-order chi connectivity index (χ0) is 25.3. The molecular formula is C27H36N4O4. The quantitative estimate of drug-likeness (QED) is 0.452. The number of amides is 3. The summed E-state index contributed by atoms with van der Waals surface area (Å²) in [5.74, 6) is -0.652. The van der Waals surface area contributed by atoms with E-state index in [9.17, 15) is 14.4 Å². The zero-order valence-electron chi connectivity index (χ0n) is 20.6. The Kier molecular flexibility index (Phi) is 9.39. The second kappa shape index (κ2) is 12.5. The molecule has 3 rings (SSSR count). The largest absolute Gasteiger partial charge is 0.351 e. The first-order valence-corrected chi connectivity index (χ1v) is 12.3. The lowest BCUT2D eigenvalue weighted by molar-refractivity contribution is -0.145. The van der Waals surface area contributed by atoms with Gasteiger partial charge in [-0.25, -0.2) is 5.48 Å². The van der Waals surface area contributed by atoms with Crippen molar-refractivity contribution in [3.8, 4) is 0 Å². The molecule has 0 radical (unpaired) electrons. The first-order valence-electron chi connectivity index (χ1n) is 12.3. The number of carbonyl (C=O) groups is 3. The van der Waals surface area contributed by atoms with Gasteiger partial charge in [0.15, 0.2) is 0 Å². The van der Waals surface area contributed by atoms with Crippen LogP contribution in [0.5, 0.6) is 0 Å². The zero-order valence-corrected chi connectivity index (χ0v) is 20.6. The fourth-order valence-electron chi connectivity index (χ4n) is 4.38. The average molecular weight is 481 g/mol. The molecular weight excluding hydrogens is 444 g/mol. The Labute approximate surface area is 207 Å². The maximum atomic E-state index is 13.4. The van der Waals surface area contributed by atoms with Crippen molar-refractivity contribution in [1.82, 2.24) is 15.7 Å². The number of nitrogens with two attached hydrogens (primary N) is 1. The van der Waals surface area contributed by atoms with Crippen molar-refractivity contribution < 1.29 is 19.2 Å². The van der Waals surface area contributed by atoms with Gasteiger partial charge in [0.25, 0.3) is 5.91 Å². The first-order chi connectivity index (χ1) is 16.9. The minimum absolute atomic E-state index is 0.0116. The third-order valence-corrected chi connectivity index (χ3v) is 6.81. The third kappa shape index (κ3) is 6.68. The molecule has 8 heteroatoms. The average Bonchev–Trinajstić information content (AvgIpc) is 2.91. The van der Waals surface area contributed by atoms with Gasteiger partial charge in [-0.05, 0) is 54.5 Å². The van der Waals surface area contributed by atoms with Gasteiger partial charge in [0.1, 0.15) is 0 Å². The summed E-state index contributed by atoms with van der Waals surface area (Å²) in [7, 11) is 0. The van der Waals surface area contributed by atoms with Gasteiger partial charge < -0.3 is 16.0 Å². The second-order valence-corrected chi connectivity index (χ2v) is 8.94. The molecule has 0 atom stereocenters. The van der Waals surface area contributed by atoms with Crippen LogP contribution in [0.4, 0.5) is 0 Å². The predicted molar refractivity (Wildman–Crippen MR) is 134 cm³/mol. The minimum Gasteiger partial charge on any atom is -0.351 e. The van der Waals surface area contributed by atoms with E-state index in [1.165, 1.54) is 5.56 Å². The molecule has 1 saturated heterocycles. The topological polar surface area (TPSA) is 114 Å². The number of rotatable bonds is 10. The van der Waals surface area contributed by atoms with Gasteiger partial charge in [0.2, 0.25) is 11.8 Å². The van der Waals surface area contributed by atoms with Crippen LogP contribution < -0.4 is 16.5 Å². The Hall–Kier alpha value is -3.23. The summed E-state index contributed by atoms with van der Waals surface area (Å²) in [6.07, 6.45) is 2.60. The van der Waals surface area contributed by atoms with Crippen LogP contribution in [0.25, 0.3) is 0 Å². The molecule has 188 valence electrons. The first kappa shape index (κ1) is 26.4. The van der Waals surface area contributed by atoms with Crippen LogP contribution in [0.1, 0.15) is 53.7 Å². The van der Waals surface area contributed by atoms with Crippen molar-refractivity contribution in [1.29, 1.82) is 0 Å². The Morgan fingerprint density at radius 2 is 1.63 bits per heavy atom. The van der Waals surface area contributed by atoms with Crippen LogP contribution in [-0.4, -0.2) is 48.9 Å². The fourth-order valence-corrected chi connectivity index (χ4v) is 4.38. The van der Waals surface area contributed by atoms with Crippen LogP contribution in [0, 0.1) is 5.41 Å². The number of benzene rings is 2. The van der Waals surface area contributed by atoms with E-state index in [2.05, 4.69) is 30.7 Å². The summed E-state index contributed by atoms with van der Waals surface area (Å²) >= 11 is 0. The van der Waals surface area contributed by atoms with E-state index in [0.29, 0.717) is 38.0 Å². The van der Waals surface area contributed by atoms with Crippen LogP contribution in [0.2, 0.25) is 0 Å². The molecule has 2 aromatic rings. The lowest BCUT2D eigenvalue weighted by atomic mass is 9.78. The van der Waals surface area contributed by atoms with Crippen LogP contribution in [0.3, 0.4) is 0 Å². The van der Waals surface area contributed by atoms with E-state index in [-0.39, 0.29) is 30.9 Å². The number of nitrogens with zero attached hydrogens (tertiary/aromatic N) is 1. The van der Waals surface area contributed by atoms with E-state index in [4.69, 9.17) is 10.6 Å². The van der Waals surface area contributed by atoms with E-state index < -0.39 is 5.41 Å². The number of hydroxylamine groups is 1. The molecule has 0 unspecified atom stereocenters. The normalized spacial score (nSPS) is 14.9. The maximum Gasteiger partial charge on any atom is 0.274 e. The molecule has 1 heterocycles. The SMILES string of the molecule is CCc1ccc(C(=O)NOCC2(C(=O)NCc3ccccc3CC)CCN(C(=O)CN)CC2)cc1. The van der Waals surface area contributed by atoms with Crippen molar-refractivity contribution >= 4 is 17.7 Å². The second-order valence-electron chi connectivity index (χ2n) is 8.94. The summed E-state index contributed by atoms with van der Waals surface area (Å²) < 4.78 is 0. The Morgan fingerprint density at radius 1 is 0.971 bits per heavy atom. The number of nitrogens with one attached hydrogen (secondary N) is 2. The molecule has 1 aliphatic heterocycles. The molecule has 0 spiro atoms. The van der Waals surface area contributed by atoms with Gasteiger partial charge in [-0.3, -0.25) is 19.2 Å². The summed E-state index contributed by atoms with van der Waals surface area (Å²) in [5, 5.41) is 3.06. The summed E-state index contributed by atoms with van der Waals surface area (Å²) in [6.45, 7) is 5.31. The van der Waals surface area contributed by atoms with Crippen molar-refractivity contribution in [2.75, 3.05) is 26.2 Å². The molecule has 35 heavy (non-hydrogen) atoms. The van der Waals surface area contributed by atoms with Crippen molar-refractivity contribution in [2.24, 2.45) is 11.1 Å². The van der Waals surface area contributed by atoms with Crippen molar-refractivity contribution in [3.63, 3.8) is 0 Å². The van der Waals surface area contributed by atoms with E-state index >= 15 is 0 Å². The fraction of sp³-hybridized carbons (Fsp3) is 0.444. The summed E-state index contributed by atoms with van der Waals surface area (Å²) in [5.41, 5.74) is 11.0. The Balaban J connectivity index is 1.66. The molecule has 1 aliphatic rings. The van der Waals surface area contributed by atoms with Gasteiger partial charge in [-0.1, -0.05) is 50.2 Å². The lowest BCUT2D eigenvalue weighted by Crippen LogP contribution is -2.53. The molecule has 0 bridgehead atoms. The molecule has 0 aliphatic carbocycles. The predicted octanol–water partition coefficient (Wildman–Crippen LogP) is 2.36. The van der Waals surface area contributed by atoms with E-state index in [1.54, 1.807) is 17.0 Å². The Morgan fingerprint density at radius 3 is 2.23 bits per heavy atom. The highest BCUT2D eigenvalue weighted by atomic mass is 16.7. The third-order valence-electron chi connectivity index (χ3n) is 6.81. The number of hydrogen-bond acceptors (Lipinski definition) is 5. The van der Waals surface area contributed by atoms with Crippen molar-refractivity contribution in [3.05, 3.63) is 70.8 Å². The van der Waals surface area contributed by atoms with Crippen LogP contribution >= 0.6 is 0 Å². The number of carbonyl (C=O) groups excluding carboxylic acids is 3. The molecule has 0 saturated carbocycles. The lowest BCUT2D eigenvalue weighted by Gasteiger charge is -2.40. The monoisotopic (exact) mass is 480 g/mol. The van der Waals surface area contributed by atoms with Gasteiger partial charge >= 0.3 is 0 Å². The van der Waals surface area contributed by atoms with Crippen LogP contribution in [-0.2, 0) is 33.8 Å². The van der Waals surface area contributed by atoms with Gasteiger partial charge in [-0.15, -0.1) is 0 Å². The van der Waals surface area contributed by atoms with Crippen LogP contribution in [0.15, 0.2) is 48.5 Å². The summed E-state index contributed by atoms with van der Waals surface area (Å²) in [6, 6.07) is 15.3.